The van der Waals surface area contributed by atoms with Gasteiger partial charge >= 0.3 is 0 Å². The van der Waals surface area contributed by atoms with Gasteiger partial charge in [-0.25, -0.2) is 0 Å². The molecule has 0 fully saturated rings. The van der Waals surface area contributed by atoms with Crippen LogP contribution in [0.25, 0.3) is 21.9 Å². The number of aromatic hydroxyl groups is 2. The van der Waals surface area contributed by atoms with Gasteiger partial charge in [-0.3, -0.25) is 4.79 Å². The summed E-state index contributed by atoms with van der Waals surface area (Å²) < 4.78 is 16.9. The van der Waals surface area contributed by atoms with Gasteiger partial charge in [0.2, 0.25) is 5.43 Å². The van der Waals surface area contributed by atoms with Gasteiger partial charge in [-0.05, 0) is 34.1 Å². The number of hydrogen-bond donors (Lipinski definition) is 4. The summed E-state index contributed by atoms with van der Waals surface area (Å²) in [5.41, 5.74) is -0.341. The highest BCUT2D eigenvalue weighted by atomic mass is 16.5. The van der Waals surface area contributed by atoms with E-state index in [9.17, 15) is 25.2 Å². The highest BCUT2D eigenvalue weighted by molar-refractivity contribution is 5.98. The lowest BCUT2D eigenvalue weighted by molar-refractivity contribution is -0.0764. The Labute approximate surface area is 183 Å². The predicted octanol–water partition coefficient (Wildman–Crippen LogP) is 3.44. The Morgan fingerprint density at radius 2 is 1.84 bits per heavy atom. The molecule has 0 spiro atoms. The van der Waals surface area contributed by atoms with Crippen LogP contribution in [0.5, 0.6) is 23.0 Å². The van der Waals surface area contributed by atoms with Crippen molar-refractivity contribution in [2.45, 2.75) is 51.9 Å². The van der Waals surface area contributed by atoms with Crippen molar-refractivity contribution in [3.05, 3.63) is 45.1 Å². The summed E-state index contributed by atoms with van der Waals surface area (Å²) in [7, 11) is 1.39. The first-order chi connectivity index (χ1) is 15.0. The Morgan fingerprint density at radius 1 is 1.19 bits per heavy atom. The molecule has 2 unspecified atom stereocenters. The Morgan fingerprint density at radius 3 is 2.44 bits per heavy atom. The Bertz CT molecular complexity index is 1320. The van der Waals surface area contributed by atoms with Gasteiger partial charge in [0.15, 0.2) is 17.6 Å². The Balaban J connectivity index is 2.08. The number of methoxy groups -OCH3 is 1. The largest absolute Gasteiger partial charge is 0.506 e. The average molecular weight is 442 g/mol. The molecule has 8 nitrogen and oxygen atoms in total. The molecule has 3 aromatic rings. The second-order valence-electron chi connectivity index (χ2n) is 8.84. The number of benzene rings is 2. The minimum absolute atomic E-state index is 0.0212. The molecule has 0 aliphatic carbocycles. The topological polar surface area (TPSA) is 130 Å². The Kier molecular flexibility index (Phi) is 5.10. The SMILES string of the molecule is COc1c(O)cc2oc3cc4c(c(O)c3c(=O)c2c1CC=C(C)C)C(O)C(C(C)(C)O)O4. The minimum Gasteiger partial charge on any atom is -0.506 e. The van der Waals surface area contributed by atoms with Crippen molar-refractivity contribution in [2.75, 3.05) is 7.11 Å². The molecule has 1 aromatic heterocycles. The molecule has 8 heteroatoms. The number of phenolic OH excluding ortho intramolecular Hbond substituents is 2. The van der Waals surface area contributed by atoms with Gasteiger partial charge in [0.25, 0.3) is 0 Å². The van der Waals surface area contributed by atoms with Crippen LogP contribution in [0.4, 0.5) is 0 Å². The van der Waals surface area contributed by atoms with Crippen molar-refractivity contribution in [3.63, 3.8) is 0 Å². The van der Waals surface area contributed by atoms with E-state index in [-0.39, 0.29) is 44.8 Å². The molecule has 1 aliphatic heterocycles. The van der Waals surface area contributed by atoms with Crippen LogP contribution in [0.1, 0.15) is 44.9 Å². The molecule has 0 amide bonds. The first-order valence-corrected chi connectivity index (χ1v) is 10.2. The lowest BCUT2D eigenvalue weighted by Crippen LogP contribution is -2.41. The number of hydrogen-bond acceptors (Lipinski definition) is 8. The first-order valence-electron chi connectivity index (χ1n) is 10.2. The maximum absolute atomic E-state index is 13.6. The molecule has 0 saturated heterocycles. The first kappa shape index (κ1) is 22.0. The maximum Gasteiger partial charge on any atom is 0.204 e. The van der Waals surface area contributed by atoms with Crippen LogP contribution in [0.3, 0.4) is 0 Å². The highest BCUT2D eigenvalue weighted by Gasteiger charge is 2.45. The van der Waals surface area contributed by atoms with Gasteiger partial charge in [-0.2, -0.15) is 0 Å². The summed E-state index contributed by atoms with van der Waals surface area (Å²) in [6.07, 6.45) is -0.203. The number of phenols is 2. The number of aliphatic hydroxyl groups excluding tert-OH is 1. The smallest absolute Gasteiger partial charge is 0.204 e. The van der Waals surface area contributed by atoms with Gasteiger partial charge < -0.3 is 34.3 Å². The second kappa shape index (κ2) is 7.43. The van der Waals surface area contributed by atoms with Crippen molar-refractivity contribution in [1.29, 1.82) is 0 Å². The predicted molar refractivity (Wildman–Crippen MR) is 119 cm³/mol. The summed E-state index contributed by atoms with van der Waals surface area (Å²) >= 11 is 0. The van der Waals surface area contributed by atoms with E-state index < -0.39 is 29.0 Å². The average Bonchev–Trinajstić information content (AvgIpc) is 3.02. The quantitative estimate of drug-likeness (QED) is 0.357. The zero-order chi connectivity index (χ0) is 23.5. The number of allylic oxidation sites excluding steroid dienone is 2. The third kappa shape index (κ3) is 3.27. The molecule has 2 heterocycles. The van der Waals surface area contributed by atoms with Crippen LogP contribution in [-0.2, 0) is 6.42 Å². The zero-order valence-corrected chi connectivity index (χ0v) is 18.5. The standard InChI is InChI=1S/C24H26O8/c1-10(2)6-7-11-16-13(8-12(25)22(11)30-5)31-14-9-15-18(20(27)17(14)19(16)26)21(28)23(32-15)24(3,4)29/h6,8-9,21,23,25,27-29H,7H2,1-5H3. The summed E-state index contributed by atoms with van der Waals surface area (Å²) in [5, 5.41) is 42.5. The summed E-state index contributed by atoms with van der Waals surface area (Å²) in [5.74, 6) is -0.390. The summed E-state index contributed by atoms with van der Waals surface area (Å²) in [6.45, 7) is 6.77. The minimum atomic E-state index is -1.41. The van der Waals surface area contributed by atoms with E-state index >= 15 is 0 Å². The van der Waals surface area contributed by atoms with Crippen molar-refractivity contribution < 1.29 is 34.3 Å². The van der Waals surface area contributed by atoms with Gasteiger partial charge in [-0.15, -0.1) is 0 Å². The molecule has 0 bridgehead atoms. The van der Waals surface area contributed by atoms with Crippen molar-refractivity contribution in [2.24, 2.45) is 0 Å². The molecular formula is C24H26O8. The molecular weight excluding hydrogens is 416 g/mol. The fourth-order valence-corrected chi connectivity index (χ4v) is 4.18. The third-order valence-corrected chi connectivity index (χ3v) is 5.71. The second-order valence-corrected chi connectivity index (χ2v) is 8.84. The number of rotatable bonds is 4. The number of ether oxygens (including phenoxy) is 2. The molecule has 0 saturated carbocycles. The van der Waals surface area contributed by atoms with Crippen LogP contribution in [0.2, 0.25) is 0 Å². The van der Waals surface area contributed by atoms with Gasteiger partial charge in [0.05, 0.1) is 23.7 Å². The maximum atomic E-state index is 13.6. The molecule has 170 valence electrons. The summed E-state index contributed by atoms with van der Waals surface area (Å²) in [4.78, 5) is 13.6. The fraction of sp³-hybridized carbons (Fsp3) is 0.375. The van der Waals surface area contributed by atoms with E-state index in [0.29, 0.717) is 12.0 Å². The number of fused-ring (bicyclic) bond motifs is 3. The van der Waals surface area contributed by atoms with Crippen LogP contribution in [-0.4, -0.2) is 39.2 Å². The van der Waals surface area contributed by atoms with Crippen LogP contribution in [0, 0.1) is 0 Å². The van der Waals surface area contributed by atoms with E-state index in [0.717, 1.165) is 5.57 Å². The molecule has 4 rings (SSSR count). The third-order valence-electron chi connectivity index (χ3n) is 5.71. The number of aliphatic hydroxyl groups is 2. The van der Waals surface area contributed by atoms with Crippen LogP contribution in [0.15, 0.2) is 33.0 Å². The molecule has 2 atom stereocenters. The van der Waals surface area contributed by atoms with Gasteiger partial charge in [0, 0.05) is 17.7 Å². The normalized spacial score (nSPS) is 18.0. The fourth-order valence-electron chi connectivity index (χ4n) is 4.18. The van der Waals surface area contributed by atoms with Crippen molar-refractivity contribution in [3.8, 4) is 23.0 Å². The molecule has 0 radical (unpaired) electrons. The van der Waals surface area contributed by atoms with E-state index in [4.69, 9.17) is 13.9 Å². The van der Waals surface area contributed by atoms with Crippen molar-refractivity contribution in [1.82, 2.24) is 0 Å². The zero-order valence-electron chi connectivity index (χ0n) is 18.5. The molecule has 4 N–H and O–H groups in total. The molecule has 2 aromatic carbocycles. The lowest BCUT2D eigenvalue weighted by atomic mass is 9.93. The van der Waals surface area contributed by atoms with Gasteiger partial charge in [0.1, 0.15) is 34.2 Å². The highest BCUT2D eigenvalue weighted by Crippen LogP contribution is 2.48. The van der Waals surface area contributed by atoms with E-state index in [1.807, 2.05) is 19.9 Å². The Hall–Kier alpha value is -3.23. The van der Waals surface area contributed by atoms with E-state index in [2.05, 4.69) is 0 Å². The summed E-state index contributed by atoms with van der Waals surface area (Å²) in [6, 6.07) is 2.69. The van der Waals surface area contributed by atoms with E-state index in [1.54, 1.807) is 0 Å². The van der Waals surface area contributed by atoms with E-state index in [1.165, 1.54) is 33.1 Å². The molecule has 32 heavy (non-hydrogen) atoms. The van der Waals surface area contributed by atoms with Crippen molar-refractivity contribution >= 4 is 21.9 Å². The van der Waals surface area contributed by atoms with Crippen LogP contribution < -0.4 is 14.9 Å². The molecule has 1 aliphatic rings. The van der Waals surface area contributed by atoms with Gasteiger partial charge in [-0.1, -0.05) is 11.6 Å². The lowest BCUT2D eigenvalue weighted by Gasteiger charge is -2.27. The monoisotopic (exact) mass is 442 g/mol. The van der Waals surface area contributed by atoms with Crippen LogP contribution >= 0.6 is 0 Å².